The van der Waals surface area contributed by atoms with Crippen molar-refractivity contribution in [1.82, 2.24) is 15.0 Å². The molecule has 0 aliphatic carbocycles. The second-order valence-corrected chi connectivity index (χ2v) is 11.3. The van der Waals surface area contributed by atoms with Crippen molar-refractivity contribution in [1.29, 1.82) is 0 Å². The van der Waals surface area contributed by atoms with Gasteiger partial charge in [0, 0.05) is 49.1 Å². The molecule has 3 aliphatic heterocycles. The molecule has 1 aromatic carbocycles. The Bertz CT molecular complexity index is 1230. The van der Waals surface area contributed by atoms with Gasteiger partial charge in [-0.2, -0.15) is 0 Å². The number of halogens is 1. The Labute approximate surface area is 231 Å². The van der Waals surface area contributed by atoms with Crippen LogP contribution >= 0.6 is 0 Å². The fourth-order valence-electron chi connectivity index (χ4n) is 6.37. The van der Waals surface area contributed by atoms with Gasteiger partial charge in [-0.3, -0.25) is 4.79 Å². The summed E-state index contributed by atoms with van der Waals surface area (Å²) in [5.41, 5.74) is 7.28. The Morgan fingerprint density at radius 2 is 1.92 bits per heavy atom. The molecule has 1 aromatic heterocycles. The quantitative estimate of drug-likeness (QED) is 0.221. The van der Waals surface area contributed by atoms with Crippen LogP contribution in [0.5, 0.6) is 0 Å². The maximum absolute atomic E-state index is 13.5. The first-order chi connectivity index (χ1) is 18.9. The van der Waals surface area contributed by atoms with Gasteiger partial charge in [0.1, 0.15) is 11.9 Å². The highest BCUT2D eigenvalue weighted by atomic mass is 19.1. The molecule has 2 saturated heterocycles. The molecule has 0 N–H and O–H groups in total. The molecule has 0 spiro atoms. The lowest BCUT2D eigenvalue weighted by Gasteiger charge is -2.40. The second-order valence-electron chi connectivity index (χ2n) is 11.3. The number of esters is 1. The highest BCUT2D eigenvalue weighted by molar-refractivity contribution is 5.79. The van der Waals surface area contributed by atoms with E-state index >= 15 is 0 Å². The number of hydrogen-bond donors (Lipinski definition) is 0. The first kappa shape index (κ1) is 27.8. The summed E-state index contributed by atoms with van der Waals surface area (Å²) in [6.45, 7) is 11.5. The fourth-order valence-corrected chi connectivity index (χ4v) is 6.37. The lowest BCUT2D eigenvalue weighted by atomic mass is 9.90. The molecule has 7 nitrogen and oxygen atoms in total. The van der Waals surface area contributed by atoms with E-state index in [4.69, 9.17) is 14.0 Å². The number of fused-ring (bicyclic) bond motifs is 2. The third-order valence-electron chi connectivity index (χ3n) is 8.78. The van der Waals surface area contributed by atoms with Gasteiger partial charge >= 0.3 is 5.97 Å². The fraction of sp³-hybridized carbons (Fsp3) is 0.613. The van der Waals surface area contributed by atoms with Crippen LogP contribution in [0.1, 0.15) is 83.7 Å². The SMILES string of the molecule is CCC(=O)OCOC1CCCN2CC(CCN3CCC(c4noc5cc(F)ccc45)CC3)=C(C)CCC(C)=C12. The number of rotatable bonds is 8. The van der Waals surface area contributed by atoms with Gasteiger partial charge in [0.05, 0.1) is 5.69 Å². The molecular weight excluding hydrogens is 497 g/mol. The standard InChI is InChI=1S/C31H42FN3O4/c1-4-29(36)38-20-37-27-6-5-14-35-19-24(21(2)7-8-22(3)31(27)35)13-17-34-15-11-23(12-16-34)30-26-10-9-25(32)18-28(26)39-33-30/h9-10,18,23,27H,4-8,11-17,19-20H2,1-3H3. The summed E-state index contributed by atoms with van der Waals surface area (Å²) >= 11 is 0. The maximum Gasteiger partial charge on any atom is 0.307 e. The third kappa shape index (κ3) is 6.55. The second kappa shape index (κ2) is 12.6. The Hall–Kier alpha value is -2.71. The van der Waals surface area contributed by atoms with Crippen LogP contribution in [0.3, 0.4) is 0 Å². The van der Waals surface area contributed by atoms with Gasteiger partial charge in [0.15, 0.2) is 12.4 Å². The molecule has 0 bridgehead atoms. The molecule has 4 heterocycles. The van der Waals surface area contributed by atoms with Crippen molar-refractivity contribution >= 4 is 16.9 Å². The number of likely N-dealkylation sites (tertiary alicyclic amines) is 1. The molecule has 1 unspecified atom stereocenters. The van der Waals surface area contributed by atoms with Crippen molar-refractivity contribution in [2.75, 3.05) is 39.5 Å². The summed E-state index contributed by atoms with van der Waals surface area (Å²) in [5.74, 6) is -0.157. The number of allylic oxidation sites excluding steroid dienone is 2. The number of hydrogen-bond acceptors (Lipinski definition) is 7. The van der Waals surface area contributed by atoms with Crippen LogP contribution in [0.2, 0.25) is 0 Å². The minimum Gasteiger partial charge on any atom is -0.438 e. The molecule has 2 aromatic rings. The van der Waals surface area contributed by atoms with Crippen LogP contribution < -0.4 is 0 Å². The molecule has 0 saturated carbocycles. The molecule has 212 valence electrons. The number of nitrogens with zero attached hydrogens (tertiary/aromatic N) is 3. The van der Waals surface area contributed by atoms with Gasteiger partial charge in [-0.1, -0.05) is 28.8 Å². The molecule has 0 radical (unpaired) electrons. The van der Waals surface area contributed by atoms with Crippen molar-refractivity contribution in [3.8, 4) is 0 Å². The molecule has 5 rings (SSSR count). The van der Waals surface area contributed by atoms with Crippen molar-refractivity contribution in [2.24, 2.45) is 0 Å². The van der Waals surface area contributed by atoms with E-state index in [1.54, 1.807) is 18.6 Å². The first-order valence-corrected chi connectivity index (χ1v) is 14.6. The Morgan fingerprint density at radius 3 is 2.72 bits per heavy atom. The molecule has 1 atom stereocenters. The third-order valence-corrected chi connectivity index (χ3v) is 8.78. The van der Waals surface area contributed by atoms with E-state index in [1.165, 1.54) is 29.0 Å². The van der Waals surface area contributed by atoms with Gasteiger partial charge in [-0.25, -0.2) is 4.39 Å². The van der Waals surface area contributed by atoms with Crippen molar-refractivity contribution in [2.45, 2.75) is 84.2 Å². The van der Waals surface area contributed by atoms with Crippen LogP contribution in [0.4, 0.5) is 4.39 Å². The predicted molar refractivity (Wildman–Crippen MR) is 149 cm³/mol. The van der Waals surface area contributed by atoms with E-state index in [-0.39, 0.29) is 24.7 Å². The van der Waals surface area contributed by atoms with Gasteiger partial charge < -0.3 is 23.8 Å². The number of benzene rings is 1. The lowest BCUT2D eigenvalue weighted by molar-refractivity contribution is -0.160. The normalized spacial score (nSPS) is 21.7. The van der Waals surface area contributed by atoms with E-state index in [0.29, 0.717) is 17.9 Å². The van der Waals surface area contributed by atoms with Crippen LogP contribution in [0.25, 0.3) is 11.0 Å². The molecule has 0 amide bonds. The van der Waals surface area contributed by atoms with E-state index in [9.17, 15) is 9.18 Å². The molecule has 2 fully saturated rings. The Balaban J connectivity index is 1.16. The number of carbonyl (C=O) groups excluding carboxylic acids is 1. The zero-order valence-corrected chi connectivity index (χ0v) is 23.6. The van der Waals surface area contributed by atoms with Crippen LogP contribution in [0, 0.1) is 5.82 Å². The zero-order valence-electron chi connectivity index (χ0n) is 23.6. The zero-order chi connectivity index (χ0) is 27.4. The monoisotopic (exact) mass is 539 g/mol. The summed E-state index contributed by atoms with van der Waals surface area (Å²) in [5, 5.41) is 5.24. The number of piperidine rings is 2. The highest BCUT2D eigenvalue weighted by Crippen LogP contribution is 2.35. The van der Waals surface area contributed by atoms with Gasteiger partial charge in [0.25, 0.3) is 0 Å². The Kier molecular flexibility index (Phi) is 9.03. The number of carbonyl (C=O) groups is 1. The summed E-state index contributed by atoms with van der Waals surface area (Å²) in [6.07, 6.45) is 7.67. The van der Waals surface area contributed by atoms with Crippen LogP contribution in [-0.4, -0.2) is 66.5 Å². The van der Waals surface area contributed by atoms with Crippen molar-refractivity contribution in [3.63, 3.8) is 0 Å². The predicted octanol–water partition coefficient (Wildman–Crippen LogP) is 6.31. The summed E-state index contributed by atoms with van der Waals surface area (Å²) in [4.78, 5) is 16.7. The molecule has 39 heavy (non-hydrogen) atoms. The largest absolute Gasteiger partial charge is 0.438 e. The molecular formula is C31H42FN3O4. The van der Waals surface area contributed by atoms with E-state index in [2.05, 4.69) is 28.8 Å². The van der Waals surface area contributed by atoms with Gasteiger partial charge in [-0.05, 0) is 84.0 Å². The van der Waals surface area contributed by atoms with Gasteiger partial charge in [-0.15, -0.1) is 0 Å². The summed E-state index contributed by atoms with van der Waals surface area (Å²) in [6, 6.07) is 4.71. The highest BCUT2D eigenvalue weighted by Gasteiger charge is 2.30. The first-order valence-electron chi connectivity index (χ1n) is 14.6. The van der Waals surface area contributed by atoms with Crippen LogP contribution in [-0.2, 0) is 14.3 Å². The average Bonchev–Trinajstić information content (AvgIpc) is 3.36. The van der Waals surface area contributed by atoms with E-state index < -0.39 is 0 Å². The minimum absolute atomic E-state index is 0.00815. The number of ether oxygens (including phenoxy) is 2. The maximum atomic E-state index is 13.5. The minimum atomic E-state index is -0.290. The lowest BCUT2D eigenvalue weighted by Crippen LogP contribution is -2.41. The summed E-state index contributed by atoms with van der Waals surface area (Å²) in [7, 11) is 0. The van der Waals surface area contributed by atoms with Gasteiger partial charge in [0.2, 0.25) is 0 Å². The average molecular weight is 540 g/mol. The number of aromatic nitrogens is 1. The van der Waals surface area contributed by atoms with E-state index in [0.717, 1.165) is 88.7 Å². The smallest absolute Gasteiger partial charge is 0.307 e. The topological polar surface area (TPSA) is 68.0 Å². The van der Waals surface area contributed by atoms with E-state index in [1.807, 2.05) is 0 Å². The molecule has 8 heteroatoms. The van der Waals surface area contributed by atoms with Crippen molar-refractivity contribution < 1.29 is 23.2 Å². The van der Waals surface area contributed by atoms with Crippen LogP contribution in [0.15, 0.2) is 45.1 Å². The molecule has 3 aliphatic rings. The summed E-state index contributed by atoms with van der Waals surface area (Å²) < 4.78 is 30.3. The van der Waals surface area contributed by atoms with Crippen molar-refractivity contribution in [3.05, 3.63) is 52.1 Å². The Morgan fingerprint density at radius 1 is 1.13 bits per heavy atom.